The molecule has 0 saturated carbocycles. The minimum atomic E-state index is -0.276. The fourth-order valence-electron chi connectivity index (χ4n) is 1.52. The fourth-order valence-corrected chi connectivity index (χ4v) is 1.52. The van der Waals surface area contributed by atoms with Gasteiger partial charge in [0.15, 0.2) is 0 Å². The number of nitrogens with zero attached hydrogens (tertiary/aromatic N) is 2. The molecule has 2 rings (SSSR count). The summed E-state index contributed by atoms with van der Waals surface area (Å²) >= 11 is 0. The Labute approximate surface area is 104 Å². The molecule has 6 heteroatoms. The molecular weight excluding hydrogens is 230 g/mol. The van der Waals surface area contributed by atoms with Crippen molar-refractivity contribution in [2.75, 3.05) is 10.7 Å². The van der Waals surface area contributed by atoms with E-state index in [1.54, 1.807) is 30.6 Å². The molecule has 6 nitrogen and oxygen atoms in total. The molecule has 92 valence electrons. The molecule has 0 fully saturated rings. The number of carbonyl (C=O) groups is 1. The highest BCUT2D eigenvalue weighted by Gasteiger charge is 2.11. The molecule has 0 spiro atoms. The molecule has 18 heavy (non-hydrogen) atoms. The minimum Gasteiger partial charge on any atom is -0.323 e. The van der Waals surface area contributed by atoms with Gasteiger partial charge in [-0.05, 0) is 25.1 Å². The van der Waals surface area contributed by atoms with Gasteiger partial charge >= 0.3 is 0 Å². The number of nitrogen functional groups attached to an aromatic ring is 1. The first-order valence-corrected chi connectivity index (χ1v) is 5.35. The van der Waals surface area contributed by atoms with Gasteiger partial charge in [0, 0.05) is 30.0 Å². The van der Waals surface area contributed by atoms with Crippen LogP contribution >= 0.6 is 0 Å². The zero-order valence-electron chi connectivity index (χ0n) is 9.84. The highest BCUT2D eigenvalue weighted by molar-refractivity contribution is 6.07. The van der Waals surface area contributed by atoms with Gasteiger partial charge < -0.3 is 10.7 Å². The number of carbonyl (C=O) groups excluding carboxylic acids is 1. The van der Waals surface area contributed by atoms with Gasteiger partial charge in [0.2, 0.25) is 0 Å². The van der Waals surface area contributed by atoms with Crippen molar-refractivity contribution in [3.8, 4) is 0 Å². The topological polar surface area (TPSA) is 92.9 Å². The SMILES string of the molecule is Cc1cc(NC(=O)c2cnccc2NN)ccn1. The molecule has 0 aliphatic carbocycles. The smallest absolute Gasteiger partial charge is 0.259 e. The molecular formula is C12H13N5O. The normalized spacial score (nSPS) is 9.89. The Kier molecular flexibility index (Phi) is 3.49. The molecule has 0 bridgehead atoms. The maximum atomic E-state index is 12.0. The van der Waals surface area contributed by atoms with Gasteiger partial charge in [-0.1, -0.05) is 0 Å². The van der Waals surface area contributed by atoms with Crippen LogP contribution in [0.1, 0.15) is 16.1 Å². The van der Waals surface area contributed by atoms with Gasteiger partial charge in [-0.25, -0.2) is 0 Å². The number of amides is 1. The van der Waals surface area contributed by atoms with E-state index in [9.17, 15) is 4.79 Å². The van der Waals surface area contributed by atoms with Crippen LogP contribution in [0.25, 0.3) is 0 Å². The Morgan fingerprint density at radius 1 is 1.33 bits per heavy atom. The summed E-state index contributed by atoms with van der Waals surface area (Å²) in [6, 6.07) is 5.13. The Morgan fingerprint density at radius 2 is 2.17 bits per heavy atom. The minimum absolute atomic E-state index is 0.276. The van der Waals surface area contributed by atoms with Gasteiger partial charge in [-0.2, -0.15) is 0 Å². The Morgan fingerprint density at radius 3 is 2.89 bits per heavy atom. The van der Waals surface area contributed by atoms with Crippen LogP contribution < -0.4 is 16.6 Å². The van der Waals surface area contributed by atoms with E-state index < -0.39 is 0 Å². The number of pyridine rings is 2. The van der Waals surface area contributed by atoms with E-state index in [0.29, 0.717) is 16.9 Å². The van der Waals surface area contributed by atoms with Gasteiger partial charge in [-0.15, -0.1) is 0 Å². The highest BCUT2D eigenvalue weighted by Crippen LogP contribution is 2.15. The number of aromatic nitrogens is 2. The Hall–Kier alpha value is -2.47. The van der Waals surface area contributed by atoms with E-state index in [2.05, 4.69) is 20.7 Å². The van der Waals surface area contributed by atoms with E-state index in [4.69, 9.17) is 5.84 Å². The van der Waals surface area contributed by atoms with Crippen LogP contribution in [0.5, 0.6) is 0 Å². The zero-order chi connectivity index (χ0) is 13.0. The van der Waals surface area contributed by atoms with E-state index in [0.717, 1.165) is 5.69 Å². The summed E-state index contributed by atoms with van der Waals surface area (Å²) in [5, 5.41) is 2.76. The number of hydrogen-bond donors (Lipinski definition) is 3. The molecule has 2 heterocycles. The Bertz CT molecular complexity index is 570. The molecule has 0 aliphatic rings. The van der Waals surface area contributed by atoms with Crippen molar-refractivity contribution in [2.24, 2.45) is 5.84 Å². The van der Waals surface area contributed by atoms with Crippen LogP contribution in [0.2, 0.25) is 0 Å². The average molecular weight is 243 g/mol. The number of rotatable bonds is 3. The maximum absolute atomic E-state index is 12.0. The fraction of sp³-hybridized carbons (Fsp3) is 0.0833. The first-order valence-electron chi connectivity index (χ1n) is 5.35. The third kappa shape index (κ3) is 2.61. The lowest BCUT2D eigenvalue weighted by Gasteiger charge is -2.09. The summed E-state index contributed by atoms with van der Waals surface area (Å²) in [6.45, 7) is 1.85. The third-order valence-corrected chi connectivity index (χ3v) is 2.38. The molecule has 0 radical (unpaired) electrons. The van der Waals surface area contributed by atoms with Crippen molar-refractivity contribution in [1.82, 2.24) is 9.97 Å². The summed E-state index contributed by atoms with van der Waals surface area (Å²) in [6.07, 6.45) is 4.65. The first kappa shape index (κ1) is 12.0. The van der Waals surface area contributed by atoms with Crippen LogP contribution in [0.15, 0.2) is 36.8 Å². The van der Waals surface area contributed by atoms with E-state index in [-0.39, 0.29) is 5.91 Å². The second-order valence-corrected chi connectivity index (χ2v) is 3.71. The van der Waals surface area contributed by atoms with Crippen LogP contribution in [0.4, 0.5) is 11.4 Å². The molecule has 0 saturated heterocycles. The molecule has 2 aromatic heterocycles. The van der Waals surface area contributed by atoms with Crippen LogP contribution in [0, 0.1) is 6.92 Å². The molecule has 2 aromatic rings. The van der Waals surface area contributed by atoms with Crippen molar-refractivity contribution in [1.29, 1.82) is 0 Å². The summed E-state index contributed by atoms with van der Waals surface area (Å²) in [4.78, 5) is 20.0. The number of nitrogens with two attached hydrogens (primary N) is 1. The molecule has 4 N–H and O–H groups in total. The summed E-state index contributed by atoms with van der Waals surface area (Å²) in [5.74, 6) is 5.06. The maximum Gasteiger partial charge on any atom is 0.259 e. The standard InChI is InChI=1S/C12H13N5O/c1-8-6-9(2-5-15-8)16-12(18)10-7-14-4-3-11(10)17-13/h2-7H,13H2,1H3,(H,14,17)(H,15,16,18). The van der Waals surface area contributed by atoms with Crippen molar-refractivity contribution >= 4 is 17.3 Å². The number of nitrogens with one attached hydrogen (secondary N) is 2. The van der Waals surface area contributed by atoms with Crippen LogP contribution in [-0.2, 0) is 0 Å². The number of anilines is 2. The quantitative estimate of drug-likeness (QED) is 0.558. The predicted octanol–water partition coefficient (Wildman–Crippen LogP) is 1.32. The Balaban J connectivity index is 2.22. The highest BCUT2D eigenvalue weighted by atomic mass is 16.1. The number of hydrogen-bond acceptors (Lipinski definition) is 5. The lowest BCUT2D eigenvalue weighted by atomic mass is 10.2. The van der Waals surface area contributed by atoms with Crippen molar-refractivity contribution in [3.63, 3.8) is 0 Å². The largest absolute Gasteiger partial charge is 0.323 e. The number of aryl methyl sites for hydroxylation is 1. The second-order valence-electron chi connectivity index (χ2n) is 3.71. The van der Waals surface area contributed by atoms with Crippen LogP contribution in [0.3, 0.4) is 0 Å². The third-order valence-electron chi connectivity index (χ3n) is 2.38. The molecule has 0 atom stereocenters. The van der Waals surface area contributed by atoms with Gasteiger partial charge in [0.05, 0.1) is 11.3 Å². The second kappa shape index (κ2) is 5.24. The average Bonchev–Trinajstić information content (AvgIpc) is 2.38. The molecule has 0 aromatic carbocycles. The molecule has 0 aliphatic heterocycles. The summed E-state index contributed by atoms with van der Waals surface area (Å²) in [7, 11) is 0. The zero-order valence-corrected chi connectivity index (χ0v) is 9.84. The van der Waals surface area contributed by atoms with Crippen molar-refractivity contribution in [3.05, 3.63) is 48.0 Å². The van der Waals surface area contributed by atoms with Crippen LogP contribution in [-0.4, -0.2) is 15.9 Å². The summed E-state index contributed by atoms with van der Waals surface area (Å²) in [5.41, 5.74) is 4.88. The van der Waals surface area contributed by atoms with Gasteiger partial charge in [-0.3, -0.25) is 20.6 Å². The number of hydrazine groups is 1. The first-order chi connectivity index (χ1) is 8.70. The lowest BCUT2D eigenvalue weighted by Crippen LogP contribution is -2.17. The monoisotopic (exact) mass is 243 g/mol. The lowest BCUT2D eigenvalue weighted by molar-refractivity contribution is 0.102. The van der Waals surface area contributed by atoms with Crippen molar-refractivity contribution in [2.45, 2.75) is 6.92 Å². The van der Waals surface area contributed by atoms with Gasteiger partial charge in [0.1, 0.15) is 0 Å². The predicted molar refractivity (Wildman–Crippen MR) is 69.0 cm³/mol. The van der Waals surface area contributed by atoms with Gasteiger partial charge in [0.25, 0.3) is 5.91 Å². The van der Waals surface area contributed by atoms with E-state index in [1.807, 2.05) is 6.92 Å². The van der Waals surface area contributed by atoms with Crippen molar-refractivity contribution < 1.29 is 4.79 Å². The molecule has 0 unspecified atom stereocenters. The summed E-state index contributed by atoms with van der Waals surface area (Å²) < 4.78 is 0. The van der Waals surface area contributed by atoms with E-state index >= 15 is 0 Å². The molecule has 1 amide bonds. The van der Waals surface area contributed by atoms with E-state index in [1.165, 1.54) is 6.20 Å².